The Kier molecular flexibility index (Phi) is 4.74. The van der Waals surface area contributed by atoms with Gasteiger partial charge in [-0.15, -0.1) is 15.3 Å². The highest BCUT2D eigenvalue weighted by molar-refractivity contribution is 5.94. The predicted molar refractivity (Wildman–Crippen MR) is 87.8 cm³/mol. The Balaban J connectivity index is 1.69. The summed E-state index contributed by atoms with van der Waals surface area (Å²) >= 11 is 0. The summed E-state index contributed by atoms with van der Waals surface area (Å²) in [5.74, 6) is -1.08. The van der Waals surface area contributed by atoms with Gasteiger partial charge in [-0.3, -0.25) is 4.79 Å². The van der Waals surface area contributed by atoms with E-state index in [1.54, 1.807) is 25.2 Å². The lowest BCUT2D eigenvalue weighted by Crippen LogP contribution is -2.18. The van der Waals surface area contributed by atoms with Gasteiger partial charge in [0, 0.05) is 19.2 Å². The van der Waals surface area contributed by atoms with Gasteiger partial charge in [0.1, 0.15) is 5.82 Å². The fourth-order valence-electron chi connectivity index (χ4n) is 2.41. The fourth-order valence-corrected chi connectivity index (χ4v) is 2.41. The van der Waals surface area contributed by atoms with E-state index in [1.165, 1.54) is 12.1 Å². The Labute approximate surface area is 146 Å². The van der Waals surface area contributed by atoms with Gasteiger partial charge in [-0.05, 0) is 36.2 Å². The Morgan fingerprint density at radius 2 is 2.00 bits per heavy atom. The van der Waals surface area contributed by atoms with Gasteiger partial charge in [-0.2, -0.15) is 17.7 Å². The Bertz CT molecular complexity index is 937. The van der Waals surface area contributed by atoms with Crippen LogP contribution in [0.25, 0.3) is 5.65 Å². The molecule has 0 fully saturated rings. The largest absolute Gasteiger partial charge is 0.453 e. The number of halogens is 3. The minimum Gasteiger partial charge on any atom is -0.368 e. The zero-order valence-electron chi connectivity index (χ0n) is 13.7. The third-order valence-electron chi connectivity index (χ3n) is 3.65. The lowest BCUT2D eigenvalue weighted by Gasteiger charge is -2.08. The zero-order valence-corrected chi connectivity index (χ0v) is 13.7. The molecule has 1 amide bonds. The minimum atomic E-state index is -4.63. The van der Waals surface area contributed by atoms with Crippen molar-refractivity contribution in [3.63, 3.8) is 0 Å². The van der Waals surface area contributed by atoms with Crippen LogP contribution in [0.3, 0.4) is 0 Å². The van der Waals surface area contributed by atoms with E-state index in [9.17, 15) is 18.0 Å². The van der Waals surface area contributed by atoms with Crippen molar-refractivity contribution in [2.75, 3.05) is 18.9 Å². The number of carbonyl (C=O) groups excluding carboxylic acids is 1. The highest BCUT2D eigenvalue weighted by Crippen LogP contribution is 2.27. The molecule has 0 aliphatic heterocycles. The average Bonchev–Trinajstić information content (AvgIpc) is 3.05. The number of hydrogen-bond donors (Lipinski definition) is 2. The minimum absolute atomic E-state index is 0.0150. The molecule has 2 N–H and O–H groups in total. The maximum absolute atomic E-state index is 12.9. The van der Waals surface area contributed by atoms with Crippen molar-refractivity contribution in [2.45, 2.75) is 12.6 Å². The van der Waals surface area contributed by atoms with Gasteiger partial charge < -0.3 is 10.6 Å². The first-order valence-electron chi connectivity index (χ1n) is 7.73. The molecule has 26 heavy (non-hydrogen) atoms. The van der Waals surface area contributed by atoms with E-state index in [0.29, 0.717) is 23.0 Å². The fraction of sp³-hybridized carbons (Fsp3) is 0.250. The molecule has 0 aliphatic carbocycles. The van der Waals surface area contributed by atoms with E-state index in [4.69, 9.17) is 0 Å². The zero-order chi connectivity index (χ0) is 18.7. The van der Waals surface area contributed by atoms with Crippen molar-refractivity contribution in [1.82, 2.24) is 25.1 Å². The van der Waals surface area contributed by atoms with Crippen LogP contribution in [0.2, 0.25) is 0 Å². The van der Waals surface area contributed by atoms with Gasteiger partial charge in [-0.1, -0.05) is 12.1 Å². The topological polar surface area (TPSA) is 84.2 Å². The maximum atomic E-state index is 12.9. The van der Waals surface area contributed by atoms with E-state index in [2.05, 4.69) is 25.9 Å². The molecule has 0 atom stereocenters. The number of nitrogens with one attached hydrogen (secondary N) is 2. The molecule has 136 valence electrons. The van der Waals surface area contributed by atoms with Gasteiger partial charge in [0.15, 0.2) is 5.65 Å². The average molecular weight is 364 g/mol. The smallest absolute Gasteiger partial charge is 0.368 e. The number of nitrogens with zero attached hydrogens (tertiary/aromatic N) is 4. The number of carbonyl (C=O) groups is 1. The second-order valence-corrected chi connectivity index (χ2v) is 5.47. The maximum Gasteiger partial charge on any atom is 0.453 e. The summed E-state index contributed by atoms with van der Waals surface area (Å²) in [7, 11) is 1.55. The van der Waals surface area contributed by atoms with Crippen LogP contribution in [0.5, 0.6) is 0 Å². The molecule has 7 nitrogen and oxygen atoms in total. The van der Waals surface area contributed by atoms with Crippen molar-refractivity contribution in [3.05, 3.63) is 53.3 Å². The second-order valence-electron chi connectivity index (χ2n) is 5.47. The summed E-state index contributed by atoms with van der Waals surface area (Å²) in [6.45, 7) is 0.430. The van der Waals surface area contributed by atoms with E-state index in [-0.39, 0.29) is 17.4 Å². The molecule has 10 heteroatoms. The summed E-state index contributed by atoms with van der Waals surface area (Å²) < 4.78 is 39.3. The second kappa shape index (κ2) is 6.98. The highest BCUT2D eigenvalue weighted by Gasteiger charge is 2.37. The summed E-state index contributed by atoms with van der Waals surface area (Å²) in [6.07, 6.45) is -4.07. The molecule has 2 aromatic heterocycles. The van der Waals surface area contributed by atoms with Crippen LogP contribution in [-0.4, -0.2) is 39.3 Å². The first kappa shape index (κ1) is 17.6. The van der Waals surface area contributed by atoms with Crippen LogP contribution in [0.4, 0.5) is 19.0 Å². The van der Waals surface area contributed by atoms with Crippen molar-refractivity contribution in [1.29, 1.82) is 0 Å². The molecular formula is C16H15F3N6O. The number of hydrogen-bond acceptors (Lipinski definition) is 5. The first-order chi connectivity index (χ1) is 12.4. The van der Waals surface area contributed by atoms with Gasteiger partial charge in [0.2, 0.25) is 0 Å². The van der Waals surface area contributed by atoms with Crippen LogP contribution in [0, 0.1) is 0 Å². The molecule has 0 saturated heterocycles. The first-order valence-corrected chi connectivity index (χ1v) is 7.73. The normalized spacial score (nSPS) is 11.5. The van der Waals surface area contributed by atoms with Crippen LogP contribution in [0.1, 0.15) is 21.7 Å². The molecule has 3 rings (SSSR count). The van der Waals surface area contributed by atoms with Crippen LogP contribution in [-0.2, 0) is 12.6 Å². The Morgan fingerprint density at radius 1 is 1.19 bits per heavy atom. The number of alkyl halides is 3. The molecule has 0 aliphatic rings. The van der Waals surface area contributed by atoms with Crippen molar-refractivity contribution < 1.29 is 18.0 Å². The van der Waals surface area contributed by atoms with E-state index >= 15 is 0 Å². The summed E-state index contributed by atoms with van der Waals surface area (Å²) in [6, 6.07) is 10.0. The molecule has 3 aromatic rings. The van der Waals surface area contributed by atoms with E-state index < -0.39 is 12.0 Å². The molecule has 0 spiro atoms. The molecule has 0 radical (unpaired) electrons. The molecule has 1 aromatic carbocycles. The van der Waals surface area contributed by atoms with Gasteiger partial charge in [0.05, 0.1) is 0 Å². The van der Waals surface area contributed by atoms with Gasteiger partial charge in [0.25, 0.3) is 11.7 Å². The quantitative estimate of drug-likeness (QED) is 0.725. The molecule has 0 bridgehead atoms. The predicted octanol–water partition coefficient (Wildman–Crippen LogP) is 2.16. The summed E-state index contributed by atoms with van der Waals surface area (Å²) in [5.41, 5.74) is 1.48. The van der Waals surface area contributed by atoms with Crippen LogP contribution < -0.4 is 10.6 Å². The number of rotatable bonds is 5. The lowest BCUT2D eigenvalue weighted by atomic mass is 10.1. The van der Waals surface area contributed by atoms with Gasteiger partial charge >= 0.3 is 6.18 Å². The van der Waals surface area contributed by atoms with Crippen molar-refractivity contribution in [2.24, 2.45) is 0 Å². The van der Waals surface area contributed by atoms with Crippen LogP contribution in [0.15, 0.2) is 36.4 Å². The number of benzene rings is 1. The molecule has 2 heterocycles. The Hall–Kier alpha value is -3.17. The highest BCUT2D eigenvalue weighted by atomic mass is 19.4. The van der Waals surface area contributed by atoms with Crippen molar-refractivity contribution >= 4 is 17.4 Å². The van der Waals surface area contributed by atoms with Crippen molar-refractivity contribution in [3.8, 4) is 0 Å². The third kappa shape index (κ3) is 3.73. The standard InChI is InChI=1S/C16H15F3N6O/c1-20-14(26)11-4-2-3-10(9-11)7-8-21-12-5-6-13-22-23-15(16(17,18)19)25(13)24-12/h2-6,9H,7-8H2,1H3,(H,20,26)(H,21,24). The van der Waals surface area contributed by atoms with Gasteiger partial charge in [-0.25, -0.2) is 0 Å². The van der Waals surface area contributed by atoms with E-state index in [1.807, 2.05) is 6.07 Å². The Morgan fingerprint density at radius 3 is 2.73 bits per heavy atom. The third-order valence-corrected chi connectivity index (χ3v) is 3.65. The number of aromatic nitrogens is 4. The van der Waals surface area contributed by atoms with E-state index in [0.717, 1.165) is 5.56 Å². The molecule has 0 unspecified atom stereocenters. The number of anilines is 1. The summed E-state index contributed by atoms with van der Waals surface area (Å²) in [4.78, 5) is 11.6. The monoisotopic (exact) mass is 364 g/mol. The number of fused-ring (bicyclic) bond motifs is 1. The summed E-state index contributed by atoms with van der Waals surface area (Å²) in [5, 5.41) is 16.0. The molecule has 0 saturated carbocycles. The van der Waals surface area contributed by atoms with Crippen LogP contribution >= 0.6 is 0 Å². The SMILES string of the molecule is CNC(=O)c1cccc(CCNc2ccc3nnc(C(F)(F)F)n3n2)c1. The molecular weight excluding hydrogens is 349 g/mol. The lowest BCUT2D eigenvalue weighted by molar-refractivity contribution is -0.146. The number of amides is 1.